The normalized spacial score (nSPS) is 11.7. The van der Waals surface area contributed by atoms with Gasteiger partial charge >= 0.3 is 0 Å². The molecule has 0 saturated heterocycles. The molecule has 3 aromatic heterocycles. The SMILES string of the molecule is CCNC(=NCc1ccnc(-n2cccn2)c1)NCc1oc2ccccc2c1C. The number of nitrogens with one attached hydrogen (secondary N) is 2. The van der Waals surface area contributed by atoms with E-state index in [1.54, 1.807) is 17.1 Å². The molecule has 0 aliphatic carbocycles. The summed E-state index contributed by atoms with van der Waals surface area (Å²) < 4.78 is 7.72. The van der Waals surface area contributed by atoms with E-state index in [1.807, 2.05) is 49.5 Å². The lowest BCUT2D eigenvalue weighted by Crippen LogP contribution is -2.36. The summed E-state index contributed by atoms with van der Waals surface area (Å²) in [6.45, 7) is 6.01. The number of guanidine groups is 1. The van der Waals surface area contributed by atoms with Crippen LogP contribution < -0.4 is 10.6 Å². The van der Waals surface area contributed by atoms with Gasteiger partial charge in [0.1, 0.15) is 11.3 Å². The average molecular weight is 388 g/mol. The first-order valence-corrected chi connectivity index (χ1v) is 9.68. The first kappa shape index (κ1) is 18.7. The summed E-state index contributed by atoms with van der Waals surface area (Å²) in [7, 11) is 0. The second kappa shape index (κ2) is 8.60. The third-order valence-corrected chi connectivity index (χ3v) is 4.67. The highest BCUT2D eigenvalue weighted by Gasteiger charge is 2.10. The number of aromatic nitrogens is 3. The first-order valence-electron chi connectivity index (χ1n) is 9.68. The lowest BCUT2D eigenvalue weighted by atomic mass is 10.1. The zero-order chi connectivity index (χ0) is 20.1. The Morgan fingerprint density at radius 1 is 1.14 bits per heavy atom. The number of aryl methyl sites for hydroxylation is 1. The number of hydrogen-bond acceptors (Lipinski definition) is 4. The van der Waals surface area contributed by atoms with Gasteiger partial charge in [0.15, 0.2) is 11.8 Å². The number of nitrogens with zero attached hydrogens (tertiary/aromatic N) is 4. The summed E-state index contributed by atoms with van der Waals surface area (Å²) >= 11 is 0. The zero-order valence-corrected chi connectivity index (χ0v) is 16.6. The fraction of sp³-hybridized carbons (Fsp3) is 0.227. The van der Waals surface area contributed by atoms with E-state index in [9.17, 15) is 0 Å². The first-order chi connectivity index (χ1) is 14.2. The lowest BCUT2D eigenvalue weighted by molar-refractivity contribution is 0.534. The van der Waals surface area contributed by atoms with Gasteiger partial charge in [0, 0.05) is 36.1 Å². The minimum atomic E-state index is 0.533. The highest BCUT2D eigenvalue weighted by molar-refractivity contribution is 5.83. The molecule has 0 atom stereocenters. The number of fused-ring (bicyclic) bond motifs is 1. The van der Waals surface area contributed by atoms with Crippen LogP contribution in [0.3, 0.4) is 0 Å². The van der Waals surface area contributed by atoms with Crippen LogP contribution in [0.2, 0.25) is 0 Å². The van der Waals surface area contributed by atoms with Gasteiger partial charge in [-0.1, -0.05) is 18.2 Å². The van der Waals surface area contributed by atoms with E-state index in [0.717, 1.165) is 46.2 Å². The van der Waals surface area contributed by atoms with Gasteiger partial charge in [0.25, 0.3) is 0 Å². The fourth-order valence-electron chi connectivity index (χ4n) is 3.16. The molecule has 0 radical (unpaired) electrons. The van der Waals surface area contributed by atoms with Gasteiger partial charge in [0.2, 0.25) is 0 Å². The quantitative estimate of drug-likeness (QED) is 0.390. The molecule has 0 aliphatic heterocycles. The van der Waals surface area contributed by atoms with Crippen LogP contribution in [0, 0.1) is 6.92 Å². The Morgan fingerprint density at radius 3 is 2.83 bits per heavy atom. The molecule has 2 N–H and O–H groups in total. The molecule has 0 unspecified atom stereocenters. The van der Waals surface area contributed by atoms with E-state index >= 15 is 0 Å². The Kier molecular flexibility index (Phi) is 5.56. The van der Waals surface area contributed by atoms with Crippen molar-refractivity contribution in [2.24, 2.45) is 4.99 Å². The predicted molar refractivity (Wildman–Crippen MR) is 114 cm³/mol. The number of pyridine rings is 1. The van der Waals surface area contributed by atoms with E-state index in [0.29, 0.717) is 13.1 Å². The number of aliphatic imine (C=N–C) groups is 1. The van der Waals surface area contributed by atoms with E-state index in [4.69, 9.17) is 9.41 Å². The summed E-state index contributed by atoms with van der Waals surface area (Å²) in [5.41, 5.74) is 3.12. The monoisotopic (exact) mass is 388 g/mol. The molecule has 1 aromatic carbocycles. The van der Waals surface area contributed by atoms with E-state index in [-0.39, 0.29) is 0 Å². The van der Waals surface area contributed by atoms with Gasteiger partial charge in [-0.05, 0) is 43.7 Å². The largest absolute Gasteiger partial charge is 0.459 e. The summed E-state index contributed by atoms with van der Waals surface area (Å²) in [4.78, 5) is 9.06. The molecule has 0 spiro atoms. The lowest BCUT2D eigenvalue weighted by Gasteiger charge is -2.11. The second-order valence-corrected chi connectivity index (χ2v) is 6.67. The standard InChI is InChI=1S/C22H24N6O/c1-3-23-22(26-15-20-16(2)18-7-4-5-8-19(18)29-20)25-14-17-9-11-24-21(13-17)28-12-6-10-27-28/h4-13H,3,14-15H2,1-2H3,(H2,23,25,26). The Morgan fingerprint density at radius 2 is 2.03 bits per heavy atom. The molecule has 7 heteroatoms. The van der Waals surface area contributed by atoms with E-state index < -0.39 is 0 Å². The number of hydrogen-bond donors (Lipinski definition) is 2. The highest BCUT2D eigenvalue weighted by atomic mass is 16.3. The molecule has 29 heavy (non-hydrogen) atoms. The van der Waals surface area contributed by atoms with Crippen molar-refractivity contribution >= 4 is 16.9 Å². The third-order valence-electron chi connectivity index (χ3n) is 4.67. The Bertz CT molecular complexity index is 1110. The number of furan rings is 1. The predicted octanol–water partition coefficient (Wildman–Crippen LogP) is 3.58. The van der Waals surface area contributed by atoms with Gasteiger partial charge in [-0.25, -0.2) is 14.7 Å². The fourth-order valence-corrected chi connectivity index (χ4v) is 3.16. The minimum absolute atomic E-state index is 0.533. The van der Waals surface area contributed by atoms with Gasteiger partial charge in [0.05, 0.1) is 13.1 Å². The molecular formula is C22H24N6O. The molecule has 148 valence electrons. The minimum Gasteiger partial charge on any atom is -0.459 e. The van der Waals surface area contributed by atoms with Gasteiger partial charge < -0.3 is 15.1 Å². The van der Waals surface area contributed by atoms with Gasteiger partial charge in [-0.15, -0.1) is 0 Å². The van der Waals surface area contributed by atoms with E-state index in [1.165, 1.54) is 0 Å². The molecule has 0 amide bonds. The molecule has 0 fully saturated rings. The number of benzene rings is 1. The average Bonchev–Trinajstić information content (AvgIpc) is 3.39. The zero-order valence-electron chi connectivity index (χ0n) is 16.6. The van der Waals surface area contributed by atoms with Crippen molar-refractivity contribution in [3.05, 3.63) is 77.9 Å². The van der Waals surface area contributed by atoms with Crippen molar-refractivity contribution in [3.63, 3.8) is 0 Å². The molecule has 0 bridgehead atoms. The Balaban J connectivity index is 1.46. The van der Waals surface area contributed by atoms with Gasteiger partial charge in [-0.2, -0.15) is 5.10 Å². The van der Waals surface area contributed by atoms with Crippen molar-refractivity contribution < 1.29 is 4.42 Å². The molecule has 3 heterocycles. The molecule has 4 aromatic rings. The topological polar surface area (TPSA) is 80.3 Å². The van der Waals surface area contributed by atoms with Crippen molar-refractivity contribution in [1.82, 2.24) is 25.4 Å². The Labute approximate surface area is 169 Å². The molecule has 0 aliphatic rings. The number of rotatable bonds is 6. The molecular weight excluding hydrogens is 364 g/mol. The van der Waals surface area contributed by atoms with Crippen molar-refractivity contribution in [2.75, 3.05) is 6.54 Å². The third kappa shape index (κ3) is 4.29. The van der Waals surface area contributed by atoms with E-state index in [2.05, 4.69) is 33.7 Å². The summed E-state index contributed by atoms with van der Waals surface area (Å²) in [6, 6.07) is 13.9. The van der Waals surface area contributed by atoms with Crippen LogP contribution in [-0.2, 0) is 13.1 Å². The number of para-hydroxylation sites is 1. The smallest absolute Gasteiger partial charge is 0.191 e. The summed E-state index contributed by atoms with van der Waals surface area (Å²) in [5, 5.41) is 12.0. The van der Waals surface area contributed by atoms with Crippen LogP contribution in [0.25, 0.3) is 16.8 Å². The van der Waals surface area contributed by atoms with Crippen LogP contribution in [0.5, 0.6) is 0 Å². The maximum absolute atomic E-state index is 5.98. The van der Waals surface area contributed by atoms with Gasteiger partial charge in [-0.3, -0.25) is 0 Å². The maximum atomic E-state index is 5.98. The summed E-state index contributed by atoms with van der Waals surface area (Å²) in [5.74, 6) is 2.44. The van der Waals surface area contributed by atoms with Crippen LogP contribution in [0.15, 0.2) is 70.5 Å². The molecule has 4 rings (SSSR count). The summed E-state index contributed by atoms with van der Waals surface area (Å²) in [6.07, 6.45) is 5.39. The Hall–Kier alpha value is -3.61. The van der Waals surface area contributed by atoms with Crippen LogP contribution >= 0.6 is 0 Å². The second-order valence-electron chi connectivity index (χ2n) is 6.67. The van der Waals surface area contributed by atoms with Crippen molar-refractivity contribution in [1.29, 1.82) is 0 Å². The maximum Gasteiger partial charge on any atom is 0.191 e. The molecule has 7 nitrogen and oxygen atoms in total. The van der Waals surface area contributed by atoms with Crippen LogP contribution in [-0.4, -0.2) is 27.3 Å². The van der Waals surface area contributed by atoms with Crippen LogP contribution in [0.4, 0.5) is 0 Å². The van der Waals surface area contributed by atoms with Crippen LogP contribution in [0.1, 0.15) is 23.8 Å². The highest BCUT2D eigenvalue weighted by Crippen LogP contribution is 2.24. The van der Waals surface area contributed by atoms with Crippen molar-refractivity contribution in [3.8, 4) is 5.82 Å². The van der Waals surface area contributed by atoms with Crippen molar-refractivity contribution in [2.45, 2.75) is 26.9 Å². The molecule has 0 saturated carbocycles.